The van der Waals surface area contributed by atoms with Gasteiger partial charge in [-0.05, 0) is 51.7 Å². The van der Waals surface area contributed by atoms with Gasteiger partial charge in [-0.15, -0.1) is 0 Å². The molecule has 0 fully saturated rings. The zero-order valence-corrected chi connectivity index (χ0v) is 16.7. The van der Waals surface area contributed by atoms with E-state index in [2.05, 4.69) is 11.5 Å². The van der Waals surface area contributed by atoms with Gasteiger partial charge in [0.1, 0.15) is 5.40 Å². The molecule has 2 unspecified atom stereocenters. The molecule has 0 heterocycles. The van der Waals surface area contributed by atoms with Crippen LogP contribution < -0.4 is 0 Å². The third-order valence-electron chi connectivity index (χ3n) is 5.24. The number of rotatable bonds is 5. The number of hydrogen-bond donors (Lipinski definition) is 0. The summed E-state index contributed by atoms with van der Waals surface area (Å²) in [7, 11) is 0. The molecule has 1 aliphatic carbocycles. The molecule has 0 radical (unpaired) electrons. The van der Waals surface area contributed by atoms with Crippen molar-refractivity contribution >= 4 is 11.8 Å². The highest BCUT2D eigenvalue weighted by Crippen LogP contribution is 2.42. The molecular weight excluding hydrogens is 407 g/mol. The van der Waals surface area contributed by atoms with Crippen molar-refractivity contribution in [1.82, 2.24) is 0 Å². The van der Waals surface area contributed by atoms with Gasteiger partial charge in [-0.25, -0.2) is 0 Å². The number of ether oxygens (including phenoxy) is 1. The summed E-state index contributed by atoms with van der Waals surface area (Å²) in [4.78, 5) is 0. The van der Waals surface area contributed by atoms with Crippen LogP contribution in [0.5, 0.6) is 0 Å². The van der Waals surface area contributed by atoms with Crippen LogP contribution in [0.1, 0.15) is 27.5 Å². The molecule has 0 saturated carbocycles. The van der Waals surface area contributed by atoms with Gasteiger partial charge >= 0.3 is 6.18 Å². The van der Waals surface area contributed by atoms with Crippen LogP contribution in [0.2, 0.25) is 0 Å². The number of thioether (sulfide) groups is 1. The summed E-state index contributed by atoms with van der Waals surface area (Å²) in [5.74, 6) is 0. The number of nitriles is 1. The molecule has 0 saturated heterocycles. The first-order valence-corrected chi connectivity index (χ1v) is 10.3. The van der Waals surface area contributed by atoms with Crippen LogP contribution >= 0.6 is 11.8 Å². The first-order chi connectivity index (χ1) is 14.5. The van der Waals surface area contributed by atoms with Gasteiger partial charge in [0, 0.05) is 6.42 Å². The van der Waals surface area contributed by atoms with Gasteiger partial charge in [0.2, 0.25) is 0 Å². The Morgan fingerprint density at radius 3 is 2.47 bits per heavy atom. The fraction of sp³-hybridized carbons (Fsp3) is 0.208. The topological polar surface area (TPSA) is 33.0 Å². The van der Waals surface area contributed by atoms with Crippen LogP contribution in [-0.4, -0.2) is 6.10 Å². The van der Waals surface area contributed by atoms with E-state index in [1.807, 2.05) is 30.3 Å². The number of hydrogen-bond acceptors (Lipinski definition) is 3. The van der Waals surface area contributed by atoms with E-state index in [1.54, 1.807) is 18.2 Å². The maximum Gasteiger partial charge on any atom is 0.416 e. The van der Waals surface area contributed by atoms with Gasteiger partial charge in [-0.3, -0.25) is 0 Å². The number of nitrogens with zero attached hydrogens (tertiary/aromatic N) is 1. The van der Waals surface area contributed by atoms with Crippen LogP contribution in [-0.2, 0) is 23.9 Å². The molecule has 152 valence electrons. The van der Waals surface area contributed by atoms with E-state index in [0.29, 0.717) is 12.2 Å². The quantitative estimate of drug-likeness (QED) is 0.423. The maximum absolute atomic E-state index is 12.9. The Kier molecular flexibility index (Phi) is 5.85. The van der Waals surface area contributed by atoms with E-state index < -0.39 is 11.7 Å². The summed E-state index contributed by atoms with van der Waals surface area (Å²) in [5, 5.41) is 11.3. The molecule has 0 amide bonds. The molecule has 3 aromatic carbocycles. The predicted molar refractivity (Wildman–Crippen MR) is 112 cm³/mol. The number of halogens is 3. The number of fused-ring (bicyclic) bond motifs is 1. The highest BCUT2D eigenvalue weighted by atomic mass is 32.2. The second-order valence-corrected chi connectivity index (χ2v) is 8.08. The molecule has 0 aromatic heterocycles. The molecule has 30 heavy (non-hydrogen) atoms. The fourth-order valence-corrected chi connectivity index (χ4v) is 4.53. The van der Waals surface area contributed by atoms with Crippen molar-refractivity contribution in [2.75, 3.05) is 0 Å². The third-order valence-corrected chi connectivity index (χ3v) is 6.16. The average molecular weight is 425 g/mol. The van der Waals surface area contributed by atoms with Gasteiger partial charge in [-0.1, -0.05) is 60.7 Å². The average Bonchev–Trinajstić information content (AvgIpc) is 3.10. The lowest BCUT2D eigenvalue weighted by Crippen LogP contribution is -2.16. The monoisotopic (exact) mass is 425 g/mol. The molecule has 3 aromatic rings. The fourth-order valence-electron chi connectivity index (χ4n) is 3.74. The van der Waals surface area contributed by atoms with Crippen LogP contribution in [0, 0.1) is 10.7 Å². The Morgan fingerprint density at radius 2 is 1.73 bits per heavy atom. The smallest absolute Gasteiger partial charge is 0.372 e. The lowest BCUT2D eigenvalue weighted by molar-refractivity contribution is -0.137. The van der Waals surface area contributed by atoms with Crippen LogP contribution in [0.4, 0.5) is 13.2 Å². The van der Waals surface area contributed by atoms with Crippen molar-refractivity contribution in [1.29, 1.82) is 5.26 Å². The summed E-state index contributed by atoms with van der Waals surface area (Å²) in [6.45, 7) is 0.379. The second kappa shape index (κ2) is 8.55. The minimum atomic E-state index is -4.36. The number of thiocyanates is 1. The predicted octanol–water partition coefficient (Wildman–Crippen LogP) is 6.77. The number of benzene rings is 3. The maximum atomic E-state index is 12.9. The molecule has 0 aliphatic heterocycles. The Labute approximate surface area is 177 Å². The van der Waals surface area contributed by atoms with Gasteiger partial charge in [0.15, 0.2) is 0 Å². The molecule has 0 spiro atoms. The van der Waals surface area contributed by atoms with E-state index >= 15 is 0 Å². The van der Waals surface area contributed by atoms with Crippen molar-refractivity contribution in [2.45, 2.75) is 30.6 Å². The summed E-state index contributed by atoms with van der Waals surface area (Å²) in [6, 6.07) is 20.7. The minimum Gasteiger partial charge on any atom is -0.372 e. The van der Waals surface area contributed by atoms with Crippen LogP contribution in [0.15, 0.2) is 72.8 Å². The SMILES string of the molecule is N#CSC1c2ccccc2CC1OCc1ccc(-c2cccc(C(F)(F)F)c2)cc1. The van der Waals surface area contributed by atoms with Gasteiger partial charge < -0.3 is 4.74 Å². The van der Waals surface area contributed by atoms with E-state index in [9.17, 15) is 13.2 Å². The molecule has 0 bridgehead atoms. The molecular formula is C24H18F3NOS. The Bertz CT molecular complexity index is 1070. The molecule has 6 heteroatoms. The first kappa shape index (κ1) is 20.5. The van der Waals surface area contributed by atoms with E-state index in [-0.39, 0.29) is 11.4 Å². The zero-order valence-electron chi connectivity index (χ0n) is 15.9. The second-order valence-electron chi connectivity index (χ2n) is 7.16. The van der Waals surface area contributed by atoms with E-state index in [4.69, 9.17) is 10.00 Å². The first-order valence-electron chi connectivity index (χ1n) is 9.46. The largest absolute Gasteiger partial charge is 0.416 e. The lowest BCUT2D eigenvalue weighted by Gasteiger charge is -2.18. The normalized spacial score (nSPS) is 18.1. The molecule has 0 N–H and O–H groups in total. The Balaban J connectivity index is 1.44. The highest BCUT2D eigenvalue weighted by molar-refractivity contribution is 8.04. The van der Waals surface area contributed by atoms with Crippen LogP contribution in [0.3, 0.4) is 0 Å². The van der Waals surface area contributed by atoms with Crippen molar-refractivity contribution in [3.8, 4) is 16.5 Å². The zero-order chi connectivity index (χ0) is 21.1. The van der Waals surface area contributed by atoms with Crippen molar-refractivity contribution in [3.63, 3.8) is 0 Å². The van der Waals surface area contributed by atoms with E-state index in [1.165, 1.54) is 23.4 Å². The van der Waals surface area contributed by atoms with E-state index in [0.717, 1.165) is 35.2 Å². The van der Waals surface area contributed by atoms with Gasteiger partial charge in [0.05, 0.1) is 23.5 Å². The summed E-state index contributed by atoms with van der Waals surface area (Å²) < 4.78 is 45.0. The van der Waals surface area contributed by atoms with Crippen molar-refractivity contribution in [3.05, 3.63) is 95.1 Å². The van der Waals surface area contributed by atoms with Gasteiger partial charge in [0.25, 0.3) is 0 Å². The molecule has 4 rings (SSSR count). The Morgan fingerprint density at radius 1 is 0.967 bits per heavy atom. The van der Waals surface area contributed by atoms with Crippen LogP contribution in [0.25, 0.3) is 11.1 Å². The standard InChI is InChI=1S/C24H18F3NOS/c25-24(26,27)20-6-3-5-18(12-20)17-10-8-16(9-11-17)14-29-22-13-19-4-1-2-7-21(19)23(22)30-15-28/h1-12,22-23H,13-14H2. The lowest BCUT2D eigenvalue weighted by atomic mass is 10.0. The third kappa shape index (κ3) is 4.38. The summed E-state index contributed by atoms with van der Waals surface area (Å²) >= 11 is 1.22. The Hall–Kier alpha value is -2.75. The molecule has 1 aliphatic rings. The molecule has 2 nitrogen and oxygen atoms in total. The summed E-state index contributed by atoms with van der Waals surface area (Å²) in [5.41, 5.74) is 3.87. The summed E-state index contributed by atoms with van der Waals surface area (Å²) in [6.07, 6.45) is -3.69. The minimum absolute atomic E-state index is 0.0180. The van der Waals surface area contributed by atoms with Crippen molar-refractivity contribution in [2.24, 2.45) is 0 Å². The van der Waals surface area contributed by atoms with Gasteiger partial charge in [-0.2, -0.15) is 18.4 Å². The highest BCUT2D eigenvalue weighted by Gasteiger charge is 2.33. The molecule has 2 atom stereocenters. The van der Waals surface area contributed by atoms with Crippen molar-refractivity contribution < 1.29 is 17.9 Å². The number of alkyl halides is 3.